The first-order valence-electron chi connectivity index (χ1n) is 5.49. The summed E-state index contributed by atoms with van der Waals surface area (Å²) < 4.78 is 0. The number of nitriles is 2. The largest absolute Gasteiger partial charge is 0.396 e. The van der Waals surface area contributed by atoms with E-state index in [0.29, 0.717) is 11.1 Å². The van der Waals surface area contributed by atoms with Crippen molar-refractivity contribution in [1.29, 1.82) is 10.5 Å². The van der Waals surface area contributed by atoms with Crippen LogP contribution in [0.3, 0.4) is 0 Å². The Hall–Kier alpha value is -1.49. The molecule has 0 aliphatic heterocycles. The average molecular weight is 246 g/mol. The summed E-state index contributed by atoms with van der Waals surface area (Å²) in [5.41, 5.74) is 0.866. The molecule has 0 spiro atoms. The van der Waals surface area contributed by atoms with E-state index in [1.807, 2.05) is 18.2 Å². The SMILES string of the molecule is N#Cc1ccc(SCCCCCO)cc1C#N. The lowest BCUT2D eigenvalue weighted by molar-refractivity contribution is 0.284. The van der Waals surface area contributed by atoms with Gasteiger partial charge >= 0.3 is 0 Å². The van der Waals surface area contributed by atoms with Crippen LogP contribution < -0.4 is 0 Å². The highest BCUT2D eigenvalue weighted by atomic mass is 32.2. The van der Waals surface area contributed by atoms with Crippen molar-refractivity contribution in [1.82, 2.24) is 0 Å². The molecular formula is C13H14N2OS. The summed E-state index contributed by atoms with van der Waals surface area (Å²) >= 11 is 1.68. The lowest BCUT2D eigenvalue weighted by Gasteiger charge is -2.02. The number of aliphatic hydroxyl groups excluding tert-OH is 1. The maximum atomic E-state index is 8.88. The first-order valence-corrected chi connectivity index (χ1v) is 6.48. The number of hydrogen-bond acceptors (Lipinski definition) is 4. The molecule has 1 rings (SSSR count). The second kappa shape index (κ2) is 7.73. The van der Waals surface area contributed by atoms with Gasteiger partial charge < -0.3 is 5.11 Å². The zero-order valence-electron chi connectivity index (χ0n) is 9.52. The van der Waals surface area contributed by atoms with Crippen molar-refractivity contribution in [3.63, 3.8) is 0 Å². The van der Waals surface area contributed by atoms with E-state index in [4.69, 9.17) is 15.6 Å². The molecule has 88 valence electrons. The lowest BCUT2D eigenvalue weighted by Crippen LogP contribution is -1.87. The Morgan fingerprint density at radius 1 is 1.06 bits per heavy atom. The van der Waals surface area contributed by atoms with E-state index in [0.717, 1.165) is 29.9 Å². The molecule has 4 heteroatoms. The topological polar surface area (TPSA) is 67.8 Å². The predicted molar refractivity (Wildman–Crippen MR) is 67.5 cm³/mol. The van der Waals surface area contributed by atoms with Crippen LogP contribution in [0.4, 0.5) is 0 Å². The highest BCUT2D eigenvalue weighted by molar-refractivity contribution is 7.99. The van der Waals surface area contributed by atoms with Crippen molar-refractivity contribution < 1.29 is 5.11 Å². The molecule has 0 saturated carbocycles. The molecule has 0 amide bonds. The summed E-state index contributed by atoms with van der Waals surface area (Å²) in [6.45, 7) is 0.250. The number of unbranched alkanes of at least 4 members (excludes halogenated alkanes) is 2. The molecule has 0 radical (unpaired) electrons. The summed E-state index contributed by atoms with van der Waals surface area (Å²) in [5.74, 6) is 0.969. The third kappa shape index (κ3) is 4.48. The fourth-order valence-corrected chi connectivity index (χ4v) is 2.33. The summed E-state index contributed by atoms with van der Waals surface area (Å²) in [5, 5.41) is 26.3. The molecule has 0 aliphatic carbocycles. The average Bonchev–Trinajstić information content (AvgIpc) is 2.38. The highest BCUT2D eigenvalue weighted by Gasteiger charge is 2.03. The minimum absolute atomic E-state index is 0.250. The Balaban J connectivity index is 2.50. The molecular weight excluding hydrogens is 232 g/mol. The maximum Gasteiger partial charge on any atom is 0.101 e. The Labute approximate surface area is 106 Å². The van der Waals surface area contributed by atoms with Crippen LogP contribution in [-0.2, 0) is 0 Å². The molecule has 0 fully saturated rings. The molecule has 0 aromatic heterocycles. The molecule has 1 N–H and O–H groups in total. The smallest absolute Gasteiger partial charge is 0.101 e. The summed E-state index contributed by atoms with van der Waals surface area (Å²) in [6, 6.07) is 9.35. The van der Waals surface area contributed by atoms with Crippen molar-refractivity contribution in [3.05, 3.63) is 29.3 Å². The van der Waals surface area contributed by atoms with Crippen LogP contribution in [0.1, 0.15) is 30.4 Å². The van der Waals surface area contributed by atoms with Gasteiger partial charge in [-0.2, -0.15) is 10.5 Å². The van der Waals surface area contributed by atoms with Gasteiger partial charge in [0.05, 0.1) is 11.1 Å². The monoisotopic (exact) mass is 246 g/mol. The number of nitrogens with zero attached hydrogens (tertiary/aromatic N) is 2. The Kier molecular flexibility index (Phi) is 6.17. The van der Waals surface area contributed by atoms with Crippen LogP contribution in [0.25, 0.3) is 0 Å². The van der Waals surface area contributed by atoms with Gasteiger partial charge in [-0.1, -0.05) is 6.42 Å². The van der Waals surface area contributed by atoms with Gasteiger partial charge in [0.1, 0.15) is 12.1 Å². The molecule has 0 bridgehead atoms. The first-order chi connectivity index (χ1) is 8.31. The van der Waals surface area contributed by atoms with Crippen molar-refractivity contribution in [2.24, 2.45) is 0 Å². The number of aliphatic hydroxyl groups is 1. The zero-order chi connectivity index (χ0) is 12.5. The summed E-state index contributed by atoms with van der Waals surface area (Å²) in [4.78, 5) is 1.02. The van der Waals surface area contributed by atoms with Crippen molar-refractivity contribution in [2.75, 3.05) is 12.4 Å². The standard InChI is InChI=1S/C13H14N2OS/c14-9-11-4-5-13(8-12(11)10-15)17-7-3-1-2-6-16/h4-5,8,16H,1-3,6-7H2. The Morgan fingerprint density at radius 2 is 1.82 bits per heavy atom. The quantitative estimate of drug-likeness (QED) is 0.619. The number of hydrogen-bond donors (Lipinski definition) is 1. The van der Waals surface area contributed by atoms with Crippen LogP contribution >= 0.6 is 11.8 Å². The normalized spacial score (nSPS) is 9.59. The molecule has 0 atom stereocenters. The molecule has 3 nitrogen and oxygen atoms in total. The predicted octanol–water partition coefficient (Wildman–Crippen LogP) is 2.68. The van der Waals surface area contributed by atoms with Gasteiger partial charge in [0.25, 0.3) is 0 Å². The number of rotatable bonds is 6. The van der Waals surface area contributed by atoms with E-state index in [2.05, 4.69) is 0 Å². The van der Waals surface area contributed by atoms with Gasteiger partial charge in [0.15, 0.2) is 0 Å². The van der Waals surface area contributed by atoms with Gasteiger partial charge in [-0.3, -0.25) is 0 Å². The molecule has 1 aromatic carbocycles. The second-order valence-electron chi connectivity index (χ2n) is 3.56. The summed E-state index contributed by atoms with van der Waals surface area (Å²) in [6.07, 6.45) is 2.91. The maximum absolute atomic E-state index is 8.88. The number of benzene rings is 1. The fourth-order valence-electron chi connectivity index (χ4n) is 1.38. The summed E-state index contributed by atoms with van der Waals surface area (Å²) in [7, 11) is 0. The van der Waals surface area contributed by atoms with E-state index >= 15 is 0 Å². The first kappa shape index (κ1) is 13.6. The van der Waals surface area contributed by atoms with E-state index < -0.39 is 0 Å². The third-order valence-electron chi connectivity index (χ3n) is 2.30. The van der Waals surface area contributed by atoms with E-state index in [1.165, 1.54) is 0 Å². The van der Waals surface area contributed by atoms with E-state index in [9.17, 15) is 0 Å². The minimum Gasteiger partial charge on any atom is -0.396 e. The molecule has 0 saturated heterocycles. The van der Waals surface area contributed by atoms with E-state index in [1.54, 1.807) is 23.9 Å². The van der Waals surface area contributed by atoms with Crippen LogP contribution in [0.2, 0.25) is 0 Å². The highest BCUT2D eigenvalue weighted by Crippen LogP contribution is 2.22. The second-order valence-corrected chi connectivity index (χ2v) is 4.73. The van der Waals surface area contributed by atoms with Crippen LogP contribution in [0.15, 0.2) is 23.1 Å². The molecule has 0 aliphatic rings. The van der Waals surface area contributed by atoms with Gasteiger partial charge in [0.2, 0.25) is 0 Å². The van der Waals surface area contributed by atoms with Gasteiger partial charge in [-0.25, -0.2) is 0 Å². The van der Waals surface area contributed by atoms with Gasteiger partial charge in [-0.15, -0.1) is 11.8 Å². The van der Waals surface area contributed by atoms with Crippen LogP contribution in [-0.4, -0.2) is 17.5 Å². The third-order valence-corrected chi connectivity index (χ3v) is 3.38. The van der Waals surface area contributed by atoms with Crippen LogP contribution in [0, 0.1) is 22.7 Å². The molecule has 0 unspecified atom stereocenters. The molecule has 17 heavy (non-hydrogen) atoms. The minimum atomic E-state index is 0.250. The lowest BCUT2D eigenvalue weighted by atomic mass is 10.1. The van der Waals surface area contributed by atoms with Gasteiger partial charge in [-0.05, 0) is 36.8 Å². The van der Waals surface area contributed by atoms with Crippen LogP contribution in [0.5, 0.6) is 0 Å². The molecule has 0 heterocycles. The number of thioether (sulfide) groups is 1. The Bertz CT molecular complexity index is 446. The van der Waals surface area contributed by atoms with Gasteiger partial charge in [0, 0.05) is 11.5 Å². The van der Waals surface area contributed by atoms with Crippen molar-refractivity contribution >= 4 is 11.8 Å². The fraction of sp³-hybridized carbons (Fsp3) is 0.385. The van der Waals surface area contributed by atoms with Crippen molar-refractivity contribution in [3.8, 4) is 12.1 Å². The van der Waals surface area contributed by atoms with Crippen molar-refractivity contribution in [2.45, 2.75) is 24.2 Å². The van der Waals surface area contributed by atoms with E-state index in [-0.39, 0.29) is 6.61 Å². The zero-order valence-corrected chi connectivity index (χ0v) is 10.3. The molecule has 1 aromatic rings. The Morgan fingerprint density at radius 3 is 2.47 bits per heavy atom.